The van der Waals surface area contributed by atoms with Crippen molar-refractivity contribution in [2.75, 3.05) is 30.0 Å². The number of carbonyl (C=O) groups is 1. The summed E-state index contributed by atoms with van der Waals surface area (Å²) < 4.78 is 30.1. The first-order valence-corrected chi connectivity index (χ1v) is 12.9. The Morgan fingerprint density at radius 2 is 1.77 bits per heavy atom. The zero-order valence-corrected chi connectivity index (χ0v) is 20.0. The highest BCUT2D eigenvalue weighted by Crippen LogP contribution is 2.32. The Kier molecular flexibility index (Phi) is 7.10. The average molecular weight is 454 g/mol. The number of aromatic nitrogens is 2. The fraction of sp³-hybridized carbons (Fsp3) is 0.762. The minimum atomic E-state index is -3.14. The van der Waals surface area contributed by atoms with Crippen LogP contribution in [0.3, 0.4) is 0 Å². The lowest BCUT2D eigenvalue weighted by atomic mass is 10.0. The van der Waals surface area contributed by atoms with E-state index in [0.717, 1.165) is 11.8 Å². The minimum Gasteiger partial charge on any atom is -0.472 e. The maximum atomic E-state index is 11.9. The molecule has 174 valence electrons. The number of hydrogen-bond donors (Lipinski definition) is 2. The molecule has 1 saturated heterocycles. The lowest BCUT2D eigenvalue weighted by molar-refractivity contribution is -0.129. The number of rotatable bonds is 3. The summed E-state index contributed by atoms with van der Waals surface area (Å²) in [4.78, 5) is 20.4. The van der Waals surface area contributed by atoms with E-state index in [9.17, 15) is 13.2 Å². The second kappa shape index (κ2) is 9.28. The van der Waals surface area contributed by atoms with Crippen molar-refractivity contribution in [3.05, 3.63) is 6.20 Å². The van der Waals surface area contributed by atoms with Crippen molar-refractivity contribution in [3.8, 4) is 5.75 Å². The van der Waals surface area contributed by atoms with Crippen molar-refractivity contribution in [1.29, 1.82) is 0 Å². The summed E-state index contributed by atoms with van der Waals surface area (Å²) in [7, 11) is -3.14. The SMILES string of the molecule is CC1(C)Oc2cnc(NC3CCN(S(C)(=O)=O)CC3)nc2NC1=O.CC1CCC[C@@H]1C. The Hall–Kier alpha value is -1.94. The van der Waals surface area contributed by atoms with E-state index >= 15 is 0 Å². The van der Waals surface area contributed by atoms with Crippen molar-refractivity contribution in [1.82, 2.24) is 14.3 Å². The first-order valence-electron chi connectivity index (χ1n) is 11.0. The zero-order valence-electron chi connectivity index (χ0n) is 19.1. The third-order valence-corrected chi connectivity index (χ3v) is 7.75. The largest absolute Gasteiger partial charge is 0.472 e. The van der Waals surface area contributed by atoms with E-state index in [4.69, 9.17) is 4.74 Å². The molecule has 2 aliphatic heterocycles. The highest BCUT2D eigenvalue weighted by molar-refractivity contribution is 7.88. The monoisotopic (exact) mass is 453 g/mol. The van der Waals surface area contributed by atoms with Gasteiger partial charge >= 0.3 is 0 Å². The molecule has 2 N–H and O–H groups in total. The molecule has 1 amide bonds. The van der Waals surface area contributed by atoms with Crippen LogP contribution in [0.25, 0.3) is 0 Å². The molecule has 3 aliphatic rings. The van der Waals surface area contributed by atoms with Gasteiger partial charge in [-0.15, -0.1) is 0 Å². The van der Waals surface area contributed by atoms with Gasteiger partial charge in [-0.3, -0.25) is 4.79 Å². The van der Waals surface area contributed by atoms with Gasteiger partial charge in [0.05, 0.1) is 12.5 Å². The number of sulfonamides is 1. The van der Waals surface area contributed by atoms with E-state index in [1.807, 2.05) is 0 Å². The van der Waals surface area contributed by atoms with Gasteiger partial charge in [-0.25, -0.2) is 17.7 Å². The Morgan fingerprint density at radius 3 is 2.29 bits per heavy atom. The zero-order chi connectivity index (χ0) is 22.8. The molecule has 0 radical (unpaired) electrons. The van der Waals surface area contributed by atoms with E-state index < -0.39 is 15.6 Å². The van der Waals surface area contributed by atoms with Gasteiger partial charge in [-0.05, 0) is 38.5 Å². The second-order valence-electron chi connectivity index (χ2n) is 9.44. The number of anilines is 2. The first-order chi connectivity index (χ1) is 14.5. The topological polar surface area (TPSA) is 114 Å². The Labute approximate surface area is 185 Å². The summed E-state index contributed by atoms with van der Waals surface area (Å²) >= 11 is 0. The Morgan fingerprint density at radius 1 is 1.16 bits per heavy atom. The van der Waals surface area contributed by atoms with Gasteiger partial charge in [0.2, 0.25) is 16.0 Å². The minimum absolute atomic E-state index is 0.0812. The Balaban J connectivity index is 0.000000330. The van der Waals surface area contributed by atoms with Gasteiger partial charge in [0, 0.05) is 19.1 Å². The van der Waals surface area contributed by atoms with Gasteiger partial charge in [0.25, 0.3) is 5.91 Å². The van der Waals surface area contributed by atoms with Gasteiger partial charge in [-0.1, -0.05) is 33.1 Å². The lowest BCUT2D eigenvalue weighted by Crippen LogP contribution is -2.46. The molecule has 1 aliphatic carbocycles. The molecule has 9 nitrogen and oxygen atoms in total. The maximum absolute atomic E-state index is 11.9. The van der Waals surface area contributed by atoms with E-state index in [-0.39, 0.29) is 11.9 Å². The number of nitrogens with one attached hydrogen (secondary N) is 2. The van der Waals surface area contributed by atoms with Crippen LogP contribution in [0.1, 0.15) is 59.8 Å². The molecule has 3 heterocycles. The van der Waals surface area contributed by atoms with Crippen molar-refractivity contribution in [3.63, 3.8) is 0 Å². The number of nitrogens with zero attached hydrogens (tertiary/aromatic N) is 3. The number of ether oxygens (including phenoxy) is 1. The summed E-state index contributed by atoms with van der Waals surface area (Å²) in [6, 6.07) is 0.0812. The molecule has 2 atom stereocenters. The van der Waals surface area contributed by atoms with E-state index in [0.29, 0.717) is 43.4 Å². The summed E-state index contributed by atoms with van der Waals surface area (Å²) in [5.41, 5.74) is -0.955. The number of piperidine rings is 1. The molecule has 4 rings (SSSR count). The third-order valence-electron chi connectivity index (χ3n) is 6.45. The fourth-order valence-electron chi connectivity index (χ4n) is 4.03. The second-order valence-corrected chi connectivity index (χ2v) is 11.4. The molecule has 0 spiro atoms. The normalized spacial score (nSPS) is 26.2. The highest BCUT2D eigenvalue weighted by Gasteiger charge is 2.36. The maximum Gasteiger partial charge on any atom is 0.269 e. The van der Waals surface area contributed by atoms with Crippen molar-refractivity contribution in [2.45, 2.75) is 71.4 Å². The highest BCUT2D eigenvalue weighted by atomic mass is 32.2. The Bertz CT molecular complexity index is 889. The fourth-order valence-corrected chi connectivity index (χ4v) is 4.90. The van der Waals surface area contributed by atoms with Crippen LogP contribution in [0.15, 0.2) is 6.20 Å². The molecule has 0 aromatic carbocycles. The predicted octanol–water partition coefficient (Wildman–Crippen LogP) is 2.86. The lowest BCUT2D eigenvalue weighted by Gasteiger charge is -2.32. The smallest absolute Gasteiger partial charge is 0.269 e. The van der Waals surface area contributed by atoms with Crippen LogP contribution < -0.4 is 15.4 Å². The summed E-state index contributed by atoms with van der Waals surface area (Å²) in [5, 5.41) is 5.90. The predicted molar refractivity (Wildman–Crippen MR) is 121 cm³/mol. The molecular weight excluding hydrogens is 418 g/mol. The summed E-state index contributed by atoms with van der Waals surface area (Å²) in [6.07, 6.45) is 8.51. The van der Waals surface area contributed by atoms with Crippen molar-refractivity contribution in [2.24, 2.45) is 11.8 Å². The van der Waals surface area contributed by atoms with Gasteiger partial charge in [-0.2, -0.15) is 4.98 Å². The summed E-state index contributed by atoms with van der Waals surface area (Å²) in [5.74, 6) is 2.92. The number of amides is 1. The molecule has 1 saturated carbocycles. The molecule has 10 heteroatoms. The van der Waals surface area contributed by atoms with Crippen LogP contribution in [0, 0.1) is 11.8 Å². The number of fused-ring (bicyclic) bond motifs is 1. The first kappa shape index (κ1) is 23.7. The number of carbonyl (C=O) groups excluding carboxylic acids is 1. The quantitative estimate of drug-likeness (QED) is 0.723. The van der Waals surface area contributed by atoms with Gasteiger partial charge in [0.1, 0.15) is 0 Å². The molecule has 31 heavy (non-hydrogen) atoms. The van der Waals surface area contributed by atoms with E-state index in [1.165, 1.54) is 36.0 Å². The van der Waals surface area contributed by atoms with Crippen LogP contribution >= 0.6 is 0 Å². The molecule has 0 bridgehead atoms. The van der Waals surface area contributed by atoms with Crippen LogP contribution in [0.2, 0.25) is 0 Å². The molecule has 1 aromatic rings. The number of hydrogen-bond acceptors (Lipinski definition) is 7. The van der Waals surface area contributed by atoms with Crippen molar-refractivity contribution < 1.29 is 17.9 Å². The van der Waals surface area contributed by atoms with Crippen LogP contribution in [0.4, 0.5) is 11.8 Å². The molecular formula is C21H35N5O4S. The average Bonchev–Trinajstić information content (AvgIpc) is 3.06. The van der Waals surface area contributed by atoms with E-state index in [2.05, 4.69) is 34.4 Å². The van der Waals surface area contributed by atoms with E-state index in [1.54, 1.807) is 13.8 Å². The third kappa shape index (κ3) is 6.06. The molecule has 1 aromatic heterocycles. The van der Waals surface area contributed by atoms with Crippen LogP contribution in [0.5, 0.6) is 5.75 Å². The standard InChI is InChI=1S/C14H21N5O4S.C7H14/c1-14(2)12(20)17-11-10(23-14)8-15-13(18-11)16-9-4-6-19(7-5-9)24(3,21)22;1-6-4-3-5-7(6)2/h8-9H,4-7H2,1-3H3,(H2,15,16,17,18,20);6-7H,3-5H2,1-2H3/t;6-,7?/m.0/s1. The van der Waals surface area contributed by atoms with Crippen molar-refractivity contribution >= 4 is 27.7 Å². The van der Waals surface area contributed by atoms with Gasteiger partial charge < -0.3 is 15.4 Å². The molecule has 1 unspecified atom stereocenters. The molecule has 2 fully saturated rings. The van der Waals surface area contributed by atoms with Gasteiger partial charge in [0.15, 0.2) is 17.2 Å². The van der Waals surface area contributed by atoms with Crippen LogP contribution in [-0.2, 0) is 14.8 Å². The summed E-state index contributed by atoms with van der Waals surface area (Å²) in [6.45, 7) is 9.00. The van der Waals surface area contributed by atoms with Crippen LogP contribution in [-0.4, -0.2) is 59.6 Å².